The summed E-state index contributed by atoms with van der Waals surface area (Å²) in [5, 5.41) is 18.5. The maximum absolute atomic E-state index is 12.4. The minimum absolute atomic E-state index is 0.0700. The molecule has 0 saturated carbocycles. The standard InChI is InChI=1S/C18H31N3O3S.C4H4O4/c1-5-20(6-2)13-12-19-18(22)21(16(3)4)14-15-25(23,24)17-10-8-7-9-11-17;5-3(6)1-2-4(7)8/h7-11,16H,5-6,12-15H2,1-4H3,(H,19,22);1-2H,(H,5,6)(H,7,8)/b;2-1-. The number of benzene rings is 1. The highest BCUT2D eigenvalue weighted by atomic mass is 32.2. The van der Waals surface area contributed by atoms with Crippen molar-refractivity contribution in [3.63, 3.8) is 0 Å². The molecule has 0 spiro atoms. The predicted octanol–water partition coefficient (Wildman–Crippen LogP) is 1.93. The number of carbonyl (C=O) groups is 3. The van der Waals surface area contributed by atoms with Gasteiger partial charge in [-0.2, -0.15) is 0 Å². The third-order valence-corrected chi connectivity index (χ3v) is 6.27. The van der Waals surface area contributed by atoms with Crippen molar-refractivity contribution in [1.82, 2.24) is 15.1 Å². The van der Waals surface area contributed by atoms with Crippen molar-refractivity contribution in [1.29, 1.82) is 0 Å². The van der Waals surface area contributed by atoms with Crippen LogP contribution in [0.25, 0.3) is 0 Å². The Morgan fingerprint density at radius 2 is 1.48 bits per heavy atom. The number of aliphatic carboxylic acids is 2. The van der Waals surface area contributed by atoms with Crippen LogP contribution in [0.4, 0.5) is 4.79 Å². The molecule has 0 aliphatic carbocycles. The van der Waals surface area contributed by atoms with Crippen LogP contribution in [-0.2, 0) is 19.4 Å². The van der Waals surface area contributed by atoms with Crippen LogP contribution in [0.3, 0.4) is 0 Å². The van der Waals surface area contributed by atoms with Crippen molar-refractivity contribution in [2.45, 2.75) is 38.6 Å². The number of carboxylic acids is 2. The average Bonchev–Trinajstić information content (AvgIpc) is 2.76. The van der Waals surface area contributed by atoms with E-state index >= 15 is 0 Å². The second kappa shape index (κ2) is 15.8. The van der Waals surface area contributed by atoms with Gasteiger partial charge in [0.2, 0.25) is 0 Å². The quantitative estimate of drug-likeness (QED) is 0.381. The van der Waals surface area contributed by atoms with E-state index in [1.807, 2.05) is 13.8 Å². The minimum atomic E-state index is -3.39. The highest BCUT2D eigenvalue weighted by Gasteiger charge is 2.21. The summed E-state index contributed by atoms with van der Waals surface area (Å²) in [6, 6.07) is 8.06. The SMILES string of the molecule is CCN(CC)CCNC(=O)N(CCS(=O)(=O)c1ccccc1)C(C)C.O=C(O)/C=C\C(=O)O. The van der Waals surface area contributed by atoms with E-state index in [0.717, 1.165) is 19.6 Å². The lowest BCUT2D eigenvalue weighted by Gasteiger charge is -2.27. The maximum atomic E-state index is 12.4. The first-order chi connectivity index (χ1) is 15.4. The number of carboxylic acid groups (broad SMARTS) is 2. The summed E-state index contributed by atoms with van der Waals surface area (Å²) in [7, 11) is -3.39. The third kappa shape index (κ3) is 13.3. The summed E-state index contributed by atoms with van der Waals surface area (Å²) in [5.41, 5.74) is 0. The molecule has 0 saturated heterocycles. The first kappa shape index (κ1) is 30.1. The van der Waals surface area contributed by atoms with Crippen molar-refractivity contribution >= 4 is 27.8 Å². The van der Waals surface area contributed by atoms with Crippen molar-refractivity contribution in [2.24, 2.45) is 0 Å². The van der Waals surface area contributed by atoms with E-state index in [2.05, 4.69) is 24.1 Å². The zero-order valence-corrected chi connectivity index (χ0v) is 20.4. The molecule has 11 heteroatoms. The molecule has 0 aliphatic rings. The van der Waals surface area contributed by atoms with Gasteiger partial charge in [-0.15, -0.1) is 0 Å². The second-order valence-electron chi connectivity index (χ2n) is 7.19. The molecule has 3 N–H and O–H groups in total. The fourth-order valence-electron chi connectivity index (χ4n) is 2.66. The van der Waals surface area contributed by atoms with Crippen LogP contribution in [0.5, 0.6) is 0 Å². The number of hydrogen-bond acceptors (Lipinski definition) is 6. The lowest BCUT2D eigenvalue weighted by atomic mass is 10.3. The fourth-order valence-corrected chi connectivity index (χ4v) is 3.91. The molecule has 2 amide bonds. The zero-order chi connectivity index (χ0) is 25.4. The third-order valence-electron chi connectivity index (χ3n) is 4.55. The van der Waals surface area contributed by atoms with Crippen LogP contribution in [0.2, 0.25) is 0 Å². The predicted molar refractivity (Wildman–Crippen MR) is 126 cm³/mol. The van der Waals surface area contributed by atoms with E-state index in [0.29, 0.717) is 23.6 Å². The van der Waals surface area contributed by atoms with Crippen LogP contribution in [0, 0.1) is 0 Å². The van der Waals surface area contributed by atoms with Gasteiger partial charge >= 0.3 is 18.0 Å². The molecule has 33 heavy (non-hydrogen) atoms. The highest BCUT2D eigenvalue weighted by molar-refractivity contribution is 7.91. The first-order valence-electron chi connectivity index (χ1n) is 10.6. The molecule has 0 aromatic heterocycles. The summed E-state index contributed by atoms with van der Waals surface area (Å²) < 4.78 is 24.8. The van der Waals surface area contributed by atoms with Gasteiger partial charge < -0.3 is 25.3 Å². The Balaban J connectivity index is 0.00000109. The number of likely N-dealkylation sites (N-methyl/N-ethyl adjacent to an activating group) is 1. The summed E-state index contributed by atoms with van der Waals surface area (Å²) in [5.74, 6) is -2.60. The molecule has 1 aromatic carbocycles. The summed E-state index contributed by atoms with van der Waals surface area (Å²) in [6.07, 6.45) is 1.12. The molecule has 186 valence electrons. The highest BCUT2D eigenvalue weighted by Crippen LogP contribution is 2.11. The Labute approximate surface area is 195 Å². The second-order valence-corrected chi connectivity index (χ2v) is 9.30. The van der Waals surface area contributed by atoms with E-state index in [4.69, 9.17) is 10.2 Å². The number of hydrogen-bond donors (Lipinski definition) is 3. The van der Waals surface area contributed by atoms with Gasteiger partial charge in [-0.3, -0.25) is 0 Å². The van der Waals surface area contributed by atoms with Gasteiger partial charge in [0.15, 0.2) is 9.84 Å². The van der Waals surface area contributed by atoms with Gasteiger partial charge in [-0.1, -0.05) is 32.0 Å². The molecular weight excluding hydrogens is 450 g/mol. The topological polar surface area (TPSA) is 144 Å². The molecule has 0 heterocycles. The Morgan fingerprint density at radius 3 is 1.91 bits per heavy atom. The van der Waals surface area contributed by atoms with E-state index < -0.39 is 21.8 Å². The number of carbonyl (C=O) groups excluding carboxylic acids is 1. The Bertz CT molecular complexity index is 851. The summed E-state index contributed by atoms with van der Waals surface area (Å²) >= 11 is 0. The normalized spacial score (nSPS) is 11.2. The molecule has 10 nitrogen and oxygen atoms in total. The largest absolute Gasteiger partial charge is 0.478 e. The van der Waals surface area contributed by atoms with Crippen molar-refractivity contribution in [2.75, 3.05) is 38.5 Å². The number of amides is 2. The maximum Gasteiger partial charge on any atom is 0.328 e. The zero-order valence-electron chi connectivity index (χ0n) is 19.6. The Morgan fingerprint density at radius 1 is 0.970 bits per heavy atom. The van der Waals surface area contributed by atoms with Gasteiger partial charge in [0.05, 0.1) is 10.6 Å². The van der Waals surface area contributed by atoms with Crippen molar-refractivity contribution in [3.05, 3.63) is 42.5 Å². The van der Waals surface area contributed by atoms with Crippen molar-refractivity contribution in [3.8, 4) is 0 Å². The molecule has 0 bridgehead atoms. The lowest BCUT2D eigenvalue weighted by molar-refractivity contribution is -0.134. The van der Waals surface area contributed by atoms with Crippen LogP contribution >= 0.6 is 0 Å². The first-order valence-corrected chi connectivity index (χ1v) is 12.3. The van der Waals surface area contributed by atoms with Crippen LogP contribution < -0.4 is 5.32 Å². The van der Waals surface area contributed by atoms with Gasteiger partial charge in [0.1, 0.15) is 0 Å². The number of urea groups is 1. The number of nitrogens with zero attached hydrogens (tertiary/aromatic N) is 2. The van der Waals surface area contributed by atoms with E-state index in [1.54, 1.807) is 35.2 Å². The Hall–Kier alpha value is -2.92. The summed E-state index contributed by atoms with van der Waals surface area (Å²) in [6.45, 7) is 11.3. The molecule has 0 fully saturated rings. The van der Waals surface area contributed by atoms with Crippen LogP contribution in [-0.4, -0.2) is 90.9 Å². The minimum Gasteiger partial charge on any atom is -0.478 e. The smallest absolute Gasteiger partial charge is 0.328 e. The van der Waals surface area contributed by atoms with Gasteiger partial charge in [-0.25, -0.2) is 22.8 Å². The molecule has 1 aromatic rings. The lowest BCUT2D eigenvalue weighted by Crippen LogP contribution is -2.47. The Kier molecular flexibility index (Phi) is 14.4. The summed E-state index contributed by atoms with van der Waals surface area (Å²) in [4.78, 5) is 35.6. The van der Waals surface area contributed by atoms with Gasteiger partial charge in [0.25, 0.3) is 0 Å². The van der Waals surface area contributed by atoms with Crippen LogP contribution in [0.15, 0.2) is 47.4 Å². The molecule has 1 rings (SSSR count). The number of sulfone groups is 1. The molecule has 0 radical (unpaired) electrons. The van der Waals surface area contributed by atoms with Crippen LogP contribution in [0.1, 0.15) is 27.7 Å². The van der Waals surface area contributed by atoms with Gasteiger partial charge in [0, 0.05) is 37.8 Å². The average molecular weight is 486 g/mol. The van der Waals surface area contributed by atoms with E-state index in [-0.39, 0.29) is 24.4 Å². The molecule has 0 unspecified atom stereocenters. The molecule has 0 atom stereocenters. The van der Waals surface area contributed by atoms with E-state index in [1.165, 1.54) is 0 Å². The molecule has 0 aliphatic heterocycles. The van der Waals surface area contributed by atoms with E-state index in [9.17, 15) is 22.8 Å². The van der Waals surface area contributed by atoms with Crippen molar-refractivity contribution < 1.29 is 33.0 Å². The molecular formula is C22H35N3O7S. The monoisotopic (exact) mass is 485 g/mol. The van der Waals surface area contributed by atoms with Gasteiger partial charge in [-0.05, 0) is 39.1 Å². The number of rotatable bonds is 12. The number of nitrogens with one attached hydrogen (secondary N) is 1. The fraction of sp³-hybridized carbons (Fsp3) is 0.500.